The molecule has 1 atom stereocenters. The maximum Gasteiger partial charge on any atom is 0.239 e. The highest BCUT2D eigenvalue weighted by molar-refractivity contribution is 9.13. The highest BCUT2D eigenvalue weighted by Gasteiger charge is 2.17. The Morgan fingerprint density at radius 1 is 1.47 bits per heavy atom. The molecular weight excluding hydrogens is 352 g/mol. The Labute approximate surface area is 117 Å². The molecule has 17 heavy (non-hydrogen) atoms. The Balaban J connectivity index is 2.82. The van der Waals surface area contributed by atoms with E-state index in [0.717, 1.165) is 14.5 Å². The highest BCUT2D eigenvalue weighted by atomic mass is 79.9. The van der Waals surface area contributed by atoms with Crippen molar-refractivity contribution in [2.24, 2.45) is 5.73 Å². The molecule has 1 amide bonds. The second kappa shape index (κ2) is 7.10. The SMILES string of the molecule is COCCNC(C(N)=O)c1ccc(Br)c(Br)c1. The van der Waals surface area contributed by atoms with Gasteiger partial charge in [0.2, 0.25) is 5.91 Å². The van der Waals surface area contributed by atoms with Crippen LogP contribution in [0.4, 0.5) is 0 Å². The van der Waals surface area contributed by atoms with Gasteiger partial charge in [-0.2, -0.15) is 0 Å². The normalized spacial score (nSPS) is 12.4. The van der Waals surface area contributed by atoms with Gasteiger partial charge in [0.25, 0.3) is 0 Å². The lowest BCUT2D eigenvalue weighted by Crippen LogP contribution is -2.35. The van der Waals surface area contributed by atoms with Gasteiger partial charge in [0.1, 0.15) is 6.04 Å². The fourth-order valence-corrected chi connectivity index (χ4v) is 2.02. The third-order valence-corrected chi connectivity index (χ3v) is 4.10. The number of halogens is 2. The van der Waals surface area contributed by atoms with E-state index in [4.69, 9.17) is 10.5 Å². The monoisotopic (exact) mass is 364 g/mol. The van der Waals surface area contributed by atoms with Crippen molar-refractivity contribution in [2.75, 3.05) is 20.3 Å². The number of rotatable bonds is 6. The van der Waals surface area contributed by atoms with Crippen molar-refractivity contribution >= 4 is 37.8 Å². The van der Waals surface area contributed by atoms with Crippen molar-refractivity contribution in [1.82, 2.24) is 5.32 Å². The molecule has 0 bridgehead atoms. The first-order valence-corrected chi connectivity index (χ1v) is 6.61. The predicted octanol–water partition coefficient (Wildman–Crippen LogP) is 1.97. The standard InChI is InChI=1S/C11H14Br2N2O2/c1-17-5-4-15-10(11(14)16)7-2-3-8(12)9(13)6-7/h2-3,6,10,15H,4-5H2,1H3,(H2,14,16). The van der Waals surface area contributed by atoms with E-state index in [-0.39, 0.29) is 0 Å². The number of amides is 1. The molecule has 4 nitrogen and oxygen atoms in total. The third kappa shape index (κ3) is 4.39. The van der Waals surface area contributed by atoms with Crippen molar-refractivity contribution in [1.29, 1.82) is 0 Å². The number of benzene rings is 1. The average molecular weight is 366 g/mol. The molecule has 1 unspecified atom stereocenters. The average Bonchev–Trinajstić information content (AvgIpc) is 2.28. The molecule has 0 aliphatic heterocycles. The van der Waals surface area contributed by atoms with Crippen LogP contribution in [0.15, 0.2) is 27.1 Å². The number of methoxy groups -OCH3 is 1. The Kier molecular flexibility index (Phi) is 6.11. The van der Waals surface area contributed by atoms with E-state index in [1.165, 1.54) is 0 Å². The van der Waals surface area contributed by atoms with Crippen LogP contribution in [0.25, 0.3) is 0 Å². The summed E-state index contributed by atoms with van der Waals surface area (Å²) >= 11 is 6.77. The van der Waals surface area contributed by atoms with Crippen LogP contribution in [-0.2, 0) is 9.53 Å². The number of nitrogens with one attached hydrogen (secondary N) is 1. The summed E-state index contributed by atoms with van der Waals surface area (Å²) in [5.41, 5.74) is 6.19. The number of primary amides is 1. The molecule has 0 saturated heterocycles. The second-order valence-electron chi connectivity index (χ2n) is 3.46. The van der Waals surface area contributed by atoms with Gasteiger partial charge >= 0.3 is 0 Å². The number of carbonyl (C=O) groups is 1. The number of hydrogen-bond acceptors (Lipinski definition) is 3. The van der Waals surface area contributed by atoms with Crippen LogP contribution in [0.3, 0.4) is 0 Å². The first kappa shape index (κ1) is 14.6. The lowest BCUT2D eigenvalue weighted by atomic mass is 10.1. The minimum Gasteiger partial charge on any atom is -0.383 e. The molecule has 0 aromatic heterocycles. The molecule has 3 N–H and O–H groups in total. The van der Waals surface area contributed by atoms with Crippen molar-refractivity contribution in [2.45, 2.75) is 6.04 Å². The lowest BCUT2D eigenvalue weighted by Gasteiger charge is -2.16. The Morgan fingerprint density at radius 2 is 2.18 bits per heavy atom. The number of hydrogen-bond donors (Lipinski definition) is 2. The minimum absolute atomic E-state index is 0.407. The molecule has 6 heteroatoms. The Morgan fingerprint density at radius 3 is 2.71 bits per heavy atom. The zero-order valence-corrected chi connectivity index (χ0v) is 12.5. The molecule has 1 aromatic carbocycles. The van der Waals surface area contributed by atoms with E-state index in [1.54, 1.807) is 7.11 Å². The van der Waals surface area contributed by atoms with Gasteiger partial charge in [-0.1, -0.05) is 6.07 Å². The van der Waals surface area contributed by atoms with Gasteiger partial charge in [-0.3, -0.25) is 10.1 Å². The number of nitrogens with two attached hydrogens (primary N) is 1. The van der Waals surface area contributed by atoms with E-state index in [9.17, 15) is 4.79 Å². The summed E-state index contributed by atoms with van der Waals surface area (Å²) in [6, 6.07) is 5.08. The smallest absolute Gasteiger partial charge is 0.239 e. The molecule has 0 heterocycles. The van der Waals surface area contributed by atoms with Gasteiger partial charge in [0.05, 0.1) is 6.61 Å². The van der Waals surface area contributed by atoms with Gasteiger partial charge in [-0.05, 0) is 49.6 Å². The molecule has 1 aromatic rings. The first-order chi connectivity index (χ1) is 8.06. The van der Waals surface area contributed by atoms with Gasteiger partial charge in [-0.25, -0.2) is 0 Å². The summed E-state index contributed by atoms with van der Waals surface area (Å²) in [7, 11) is 1.61. The van der Waals surface area contributed by atoms with Crippen molar-refractivity contribution in [3.8, 4) is 0 Å². The van der Waals surface area contributed by atoms with Gasteiger partial charge in [0, 0.05) is 22.6 Å². The summed E-state index contributed by atoms with van der Waals surface area (Å²) in [4.78, 5) is 11.4. The summed E-state index contributed by atoms with van der Waals surface area (Å²) in [6.45, 7) is 1.10. The van der Waals surface area contributed by atoms with Crippen LogP contribution in [0.1, 0.15) is 11.6 Å². The zero-order valence-electron chi connectivity index (χ0n) is 9.37. The summed E-state index contributed by atoms with van der Waals surface area (Å²) in [6.07, 6.45) is 0. The fraction of sp³-hybridized carbons (Fsp3) is 0.364. The van der Waals surface area contributed by atoms with Crippen LogP contribution in [0.5, 0.6) is 0 Å². The van der Waals surface area contributed by atoms with Crippen molar-refractivity contribution in [3.05, 3.63) is 32.7 Å². The predicted molar refractivity (Wildman–Crippen MR) is 73.7 cm³/mol. The van der Waals surface area contributed by atoms with Crippen molar-refractivity contribution < 1.29 is 9.53 Å². The van der Waals surface area contributed by atoms with Crippen LogP contribution in [-0.4, -0.2) is 26.2 Å². The Bertz CT molecular complexity index is 399. The van der Waals surface area contributed by atoms with Crippen LogP contribution >= 0.6 is 31.9 Å². The van der Waals surface area contributed by atoms with Gasteiger partial charge < -0.3 is 10.5 Å². The van der Waals surface area contributed by atoms with E-state index >= 15 is 0 Å². The first-order valence-electron chi connectivity index (χ1n) is 5.03. The van der Waals surface area contributed by atoms with Crippen LogP contribution in [0.2, 0.25) is 0 Å². The summed E-state index contributed by atoms with van der Waals surface area (Å²) < 4.78 is 6.74. The fourth-order valence-electron chi connectivity index (χ4n) is 1.38. The minimum atomic E-state index is -0.505. The molecular formula is C11H14Br2N2O2. The van der Waals surface area contributed by atoms with Gasteiger partial charge in [0.15, 0.2) is 0 Å². The quantitative estimate of drug-likeness (QED) is 0.757. The molecule has 1 rings (SSSR count). The molecule has 0 saturated carbocycles. The second-order valence-corrected chi connectivity index (χ2v) is 5.16. The summed E-state index contributed by atoms with van der Waals surface area (Å²) in [5.74, 6) is -0.407. The molecule has 0 fully saturated rings. The molecule has 0 spiro atoms. The molecule has 0 aliphatic rings. The lowest BCUT2D eigenvalue weighted by molar-refractivity contribution is -0.120. The number of carbonyl (C=O) groups excluding carboxylic acids is 1. The number of ether oxygens (including phenoxy) is 1. The largest absolute Gasteiger partial charge is 0.383 e. The van der Waals surface area contributed by atoms with E-state index < -0.39 is 11.9 Å². The van der Waals surface area contributed by atoms with E-state index in [2.05, 4.69) is 37.2 Å². The van der Waals surface area contributed by atoms with E-state index in [0.29, 0.717) is 13.2 Å². The van der Waals surface area contributed by atoms with Crippen LogP contribution in [0, 0.1) is 0 Å². The van der Waals surface area contributed by atoms with Crippen molar-refractivity contribution in [3.63, 3.8) is 0 Å². The maximum absolute atomic E-state index is 11.4. The Hall–Kier alpha value is -0.430. The van der Waals surface area contributed by atoms with Gasteiger partial charge in [-0.15, -0.1) is 0 Å². The maximum atomic E-state index is 11.4. The zero-order chi connectivity index (χ0) is 12.8. The summed E-state index contributed by atoms with van der Waals surface area (Å²) in [5, 5.41) is 3.05. The van der Waals surface area contributed by atoms with E-state index in [1.807, 2.05) is 18.2 Å². The molecule has 0 radical (unpaired) electrons. The highest BCUT2D eigenvalue weighted by Crippen LogP contribution is 2.26. The third-order valence-electron chi connectivity index (χ3n) is 2.22. The van der Waals surface area contributed by atoms with Crippen LogP contribution < -0.4 is 11.1 Å². The topological polar surface area (TPSA) is 64.3 Å². The molecule has 0 aliphatic carbocycles. The molecule has 94 valence electrons.